The van der Waals surface area contributed by atoms with Gasteiger partial charge in [0.25, 0.3) is 5.91 Å². The second-order valence-electron chi connectivity index (χ2n) is 4.06. The number of carbonyl (C=O) groups is 1. The van der Waals surface area contributed by atoms with Crippen LogP contribution in [0.25, 0.3) is 0 Å². The Morgan fingerprint density at radius 1 is 1.36 bits per heavy atom. The van der Waals surface area contributed by atoms with Crippen molar-refractivity contribution in [3.05, 3.63) is 57.3 Å². The van der Waals surface area contributed by atoms with Crippen LogP contribution in [0, 0.1) is 10.1 Å². The molecule has 2 rings (SSSR count). The van der Waals surface area contributed by atoms with Crippen LogP contribution < -0.4 is 10.7 Å². The van der Waals surface area contributed by atoms with Crippen LogP contribution in [-0.4, -0.2) is 23.6 Å². The van der Waals surface area contributed by atoms with Crippen molar-refractivity contribution in [2.75, 3.05) is 11.9 Å². The predicted octanol–water partition coefficient (Wildman–Crippen LogP) is 2.40. The van der Waals surface area contributed by atoms with E-state index in [9.17, 15) is 14.9 Å². The number of para-hydroxylation sites is 1. The van der Waals surface area contributed by atoms with Gasteiger partial charge in [-0.1, -0.05) is 23.7 Å². The van der Waals surface area contributed by atoms with Crippen LogP contribution in [0.4, 0.5) is 11.6 Å². The summed E-state index contributed by atoms with van der Waals surface area (Å²) in [5.41, 5.74) is 2.88. The van der Waals surface area contributed by atoms with Crippen molar-refractivity contribution in [1.29, 1.82) is 0 Å². The molecular formula is C13H11ClN4O4. The highest BCUT2D eigenvalue weighted by atomic mass is 35.5. The minimum absolute atomic E-state index is 0.0284. The molecule has 0 fully saturated rings. The van der Waals surface area contributed by atoms with E-state index in [0.29, 0.717) is 10.7 Å². The summed E-state index contributed by atoms with van der Waals surface area (Å²) in [5.74, 6) is -0.642. The molecule has 2 N–H and O–H groups in total. The highest BCUT2D eigenvalue weighted by Crippen LogP contribution is 2.19. The Labute approximate surface area is 129 Å². The molecule has 0 radical (unpaired) electrons. The number of anilines is 1. The molecule has 0 aliphatic rings. The van der Waals surface area contributed by atoms with Crippen LogP contribution >= 0.6 is 11.6 Å². The Morgan fingerprint density at radius 3 is 2.82 bits per heavy atom. The second-order valence-corrected chi connectivity index (χ2v) is 4.47. The largest absolute Gasteiger partial charge is 0.433 e. The van der Waals surface area contributed by atoms with Crippen LogP contribution in [-0.2, 0) is 4.79 Å². The van der Waals surface area contributed by atoms with E-state index in [1.165, 1.54) is 18.3 Å². The smallest absolute Gasteiger partial charge is 0.400 e. The summed E-state index contributed by atoms with van der Waals surface area (Å²) >= 11 is 5.93. The van der Waals surface area contributed by atoms with E-state index in [0.717, 1.165) is 0 Å². The quantitative estimate of drug-likeness (QED) is 0.482. The van der Waals surface area contributed by atoms with Crippen LogP contribution in [0.3, 0.4) is 0 Å². The molecule has 0 saturated carbocycles. The summed E-state index contributed by atoms with van der Waals surface area (Å²) in [6, 6.07) is 9.57. The van der Waals surface area contributed by atoms with Gasteiger partial charge in [0, 0.05) is 0 Å². The van der Waals surface area contributed by atoms with Crippen LogP contribution in [0.15, 0.2) is 45.9 Å². The van der Waals surface area contributed by atoms with Crippen molar-refractivity contribution >= 4 is 35.3 Å². The molecule has 114 valence electrons. The minimum Gasteiger partial charge on any atom is -0.400 e. The van der Waals surface area contributed by atoms with E-state index < -0.39 is 16.7 Å². The zero-order valence-corrected chi connectivity index (χ0v) is 11.9. The van der Waals surface area contributed by atoms with Gasteiger partial charge in [0.15, 0.2) is 5.76 Å². The van der Waals surface area contributed by atoms with Gasteiger partial charge in [0.1, 0.15) is 4.92 Å². The first kappa shape index (κ1) is 15.5. The Balaban J connectivity index is 1.81. The van der Waals surface area contributed by atoms with Crippen molar-refractivity contribution in [2.45, 2.75) is 0 Å². The van der Waals surface area contributed by atoms with Gasteiger partial charge in [-0.2, -0.15) is 5.10 Å². The number of carbonyl (C=O) groups excluding carboxylic acids is 1. The first-order valence-corrected chi connectivity index (χ1v) is 6.48. The first-order chi connectivity index (χ1) is 10.6. The Kier molecular flexibility index (Phi) is 5.10. The molecule has 0 unspecified atom stereocenters. The van der Waals surface area contributed by atoms with Gasteiger partial charge in [-0.3, -0.25) is 14.9 Å². The maximum atomic E-state index is 11.6. The van der Waals surface area contributed by atoms with E-state index in [4.69, 9.17) is 16.0 Å². The maximum Gasteiger partial charge on any atom is 0.433 e. The molecule has 0 spiro atoms. The zero-order chi connectivity index (χ0) is 15.9. The van der Waals surface area contributed by atoms with Gasteiger partial charge in [-0.15, -0.1) is 0 Å². The third-order valence-electron chi connectivity index (χ3n) is 2.49. The lowest BCUT2D eigenvalue weighted by Crippen LogP contribution is -2.25. The first-order valence-electron chi connectivity index (χ1n) is 6.11. The fourth-order valence-electron chi connectivity index (χ4n) is 1.50. The second kappa shape index (κ2) is 7.23. The standard InChI is InChI=1S/C13H11ClN4O4/c14-10-3-1-2-4-11(10)15-8-12(19)17-16-7-9-5-6-13(22-9)18(20)21/h1-7,15H,8H2,(H,17,19). The highest BCUT2D eigenvalue weighted by Gasteiger charge is 2.10. The molecule has 1 heterocycles. The SMILES string of the molecule is O=C(CNc1ccccc1Cl)NN=Cc1ccc([N+](=O)[O-])o1. The van der Waals surface area contributed by atoms with E-state index in [-0.39, 0.29) is 12.3 Å². The number of nitrogens with zero attached hydrogens (tertiary/aromatic N) is 2. The van der Waals surface area contributed by atoms with Crippen molar-refractivity contribution in [1.82, 2.24) is 5.43 Å². The lowest BCUT2D eigenvalue weighted by molar-refractivity contribution is -0.402. The number of nitro groups is 1. The number of hydrogen-bond acceptors (Lipinski definition) is 6. The third kappa shape index (κ3) is 4.32. The van der Waals surface area contributed by atoms with Crippen LogP contribution in [0.5, 0.6) is 0 Å². The fourth-order valence-corrected chi connectivity index (χ4v) is 1.70. The normalized spacial score (nSPS) is 10.6. The summed E-state index contributed by atoms with van der Waals surface area (Å²) < 4.78 is 4.84. The van der Waals surface area contributed by atoms with Gasteiger partial charge in [-0.25, -0.2) is 5.43 Å². The average Bonchev–Trinajstić information content (AvgIpc) is 2.95. The molecule has 1 amide bonds. The summed E-state index contributed by atoms with van der Waals surface area (Å²) in [6.45, 7) is -0.0284. The van der Waals surface area contributed by atoms with Gasteiger partial charge >= 0.3 is 5.88 Å². The van der Waals surface area contributed by atoms with E-state index in [1.54, 1.807) is 24.3 Å². The zero-order valence-electron chi connectivity index (χ0n) is 11.2. The summed E-state index contributed by atoms with van der Waals surface area (Å²) in [6.07, 6.45) is 1.17. The lowest BCUT2D eigenvalue weighted by Gasteiger charge is -2.06. The van der Waals surface area contributed by atoms with Gasteiger partial charge in [0.2, 0.25) is 0 Å². The predicted molar refractivity (Wildman–Crippen MR) is 81.0 cm³/mol. The molecule has 22 heavy (non-hydrogen) atoms. The number of hydrazone groups is 1. The molecular weight excluding hydrogens is 312 g/mol. The van der Waals surface area contributed by atoms with E-state index in [1.807, 2.05) is 0 Å². The number of hydrogen-bond donors (Lipinski definition) is 2. The number of furan rings is 1. The molecule has 0 aliphatic carbocycles. The Hall–Kier alpha value is -2.87. The molecule has 0 atom stereocenters. The van der Waals surface area contributed by atoms with Gasteiger partial charge < -0.3 is 9.73 Å². The average molecular weight is 323 g/mol. The molecule has 0 bridgehead atoms. The Morgan fingerprint density at radius 2 is 2.14 bits per heavy atom. The molecule has 1 aromatic heterocycles. The third-order valence-corrected chi connectivity index (χ3v) is 2.82. The number of nitrogens with one attached hydrogen (secondary N) is 2. The maximum absolute atomic E-state index is 11.6. The molecule has 0 aliphatic heterocycles. The monoisotopic (exact) mass is 322 g/mol. The fraction of sp³-hybridized carbons (Fsp3) is 0.0769. The number of rotatable bonds is 6. The molecule has 9 heteroatoms. The van der Waals surface area contributed by atoms with Gasteiger partial charge in [-0.05, 0) is 18.2 Å². The molecule has 0 saturated heterocycles. The number of halogens is 1. The lowest BCUT2D eigenvalue weighted by atomic mass is 10.3. The summed E-state index contributed by atoms with van der Waals surface area (Å²) in [4.78, 5) is 21.3. The van der Waals surface area contributed by atoms with Crippen molar-refractivity contribution in [2.24, 2.45) is 5.10 Å². The van der Waals surface area contributed by atoms with Crippen molar-refractivity contribution in [3.8, 4) is 0 Å². The summed E-state index contributed by atoms with van der Waals surface area (Å²) in [5, 5.41) is 17.4. The van der Waals surface area contributed by atoms with Crippen molar-refractivity contribution in [3.63, 3.8) is 0 Å². The summed E-state index contributed by atoms with van der Waals surface area (Å²) in [7, 11) is 0. The van der Waals surface area contributed by atoms with Gasteiger partial charge in [0.05, 0.1) is 29.5 Å². The van der Waals surface area contributed by atoms with Crippen molar-refractivity contribution < 1.29 is 14.1 Å². The molecule has 1 aromatic carbocycles. The van der Waals surface area contributed by atoms with E-state index >= 15 is 0 Å². The highest BCUT2D eigenvalue weighted by molar-refractivity contribution is 6.33. The van der Waals surface area contributed by atoms with Crippen LogP contribution in [0.2, 0.25) is 5.02 Å². The minimum atomic E-state index is -0.663. The van der Waals surface area contributed by atoms with Crippen LogP contribution in [0.1, 0.15) is 5.76 Å². The number of benzene rings is 1. The molecule has 8 nitrogen and oxygen atoms in total. The number of amides is 1. The topological polar surface area (TPSA) is 110 Å². The Bertz CT molecular complexity index is 714. The molecule has 2 aromatic rings. The van der Waals surface area contributed by atoms with E-state index in [2.05, 4.69) is 15.8 Å².